The molecule has 0 radical (unpaired) electrons. The molecule has 0 bridgehead atoms. The predicted molar refractivity (Wildman–Crippen MR) is 114 cm³/mol. The van der Waals surface area contributed by atoms with E-state index in [9.17, 15) is 14.9 Å². The van der Waals surface area contributed by atoms with Crippen molar-refractivity contribution in [2.24, 2.45) is 0 Å². The number of anilines is 1. The zero-order chi connectivity index (χ0) is 21.0. The molecule has 1 amide bonds. The maximum atomic E-state index is 13.3. The van der Waals surface area contributed by atoms with Gasteiger partial charge in [0.05, 0.1) is 11.9 Å². The number of carbonyl (C=O) groups excluding carboxylic acids is 2. The highest BCUT2D eigenvalue weighted by atomic mass is 32.2. The van der Waals surface area contributed by atoms with Gasteiger partial charge < -0.3 is 4.74 Å². The van der Waals surface area contributed by atoms with Crippen LogP contribution in [0.1, 0.15) is 23.6 Å². The summed E-state index contributed by atoms with van der Waals surface area (Å²) in [5, 5.41) is 9.53. The molecule has 6 heteroatoms. The van der Waals surface area contributed by atoms with Gasteiger partial charge in [-0.1, -0.05) is 59.3 Å². The summed E-state index contributed by atoms with van der Waals surface area (Å²) in [5.74, 6) is -0.857. The van der Waals surface area contributed by atoms with Crippen LogP contribution < -0.4 is 4.90 Å². The van der Waals surface area contributed by atoms with E-state index in [0.29, 0.717) is 17.1 Å². The van der Waals surface area contributed by atoms with Crippen LogP contribution in [0.15, 0.2) is 59.1 Å². The van der Waals surface area contributed by atoms with Crippen molar-refractivity contribution < 1.29 is 14.3 Å². The average molecular weight is 407 g/mol. The van der Waals surface area contributed by atoms with Crippen LogP contribution in [-0.2, 0) is 20.7 Å². The summed E-state index contributed by atoms with van der Waals surface area (Å²) < 4.78 is 5.04. The number of hydrogen-bond acceptors (Lipinski definition) is 5. The van der Waals surface area contributed by atoms with Crippen molar-refractivity contribution in [1.29, 1.82) is 5.26 Å². The normalized spacial score (nSPS) is 17.8. The van der Waals surface area contributed by atoms with Crippen molar-refractivity contribution in [2.75, 3.05) is 11.5 Å². The van der Waals surface area contributed by atoms with Crippen molar-refractivity contribution >= 4 is 29.3 Å². The second kappa shape index (κ2) is 8.97. The number of rotatable bonds is 5. The van der Waals surface area contributed by atoms with Gasteiger partial charge in [0.1, 0.15) is 11.1 Å². The molecule has 0 aliphatic carbocycles. The van der Waals surface area contributed by atoms with Gasteiger partial charge in [-0.25, -0.2) is 4.79 Å². The molecule has 1 aliphatic heterocycles. The maximum absolute atomic E-state index is 13.3. The Morgan fingerprint density at radius 2 is 1.69 bits per heavy atom. The Hall–Kier alpha value is -3.04. The van der Waals surface area contributed by atoms with Crippen LogP contribution in [0, 0.1) is 25.2 Å². The smallest absolute Gasteiger partial charge is 0.351 e. The van der Waals surface area contributed by atoms with Gasteiger partial charge in [0.25, 0.3) is 0 Å². The molecule has 148 valence electrons. The number of hydrogen-bond donors (Lipinski definition) is 0. The molecule has 0 spiro atoms. The zero-order valence-corrected chi connectivity index (χ0v) is 17.5. The number of nitriles is 1. The fourth-order valence-corrected chi connectivity index (χ4v) is 4.34. The molecule has 0 saturated carbocycles. The number of nitrogens with zero attached hydrogens (tertiary/aromatic N) is 2. The number of carbonyl (C=O) groups is 2. The van der Waals surface area contributed by atoms with E-state index < -0.39 is 11.2 Å². The van der Waals surface area contributed by atoms with E-state index >= 15 is 0 Å². The Labute approximate surface area is 175 Å². The minimum Gasteiger partial charge on any atom is -0.462 e. The first kappa shape index (κ1) is 20.7. The fraction of sp³-hybridized carbons (Fsp3) is 0.261. The molecular weight excluding hydrogens is 384 g/mol. The van der Waals surface area contributed by atoms with E-state index in [4.69, 9.17) is 4.74 Å². The summed E-state index contributed by atoms with van der Waals surface area (Å²) in [4.78, 5) is 27.1. The van der Waals surface area contributed by atoms with Crippen molar-refractivity contribution in [3.8, 4) is 6.07 Å². The second-order valence-electron chi connectivity index (χ2n) is 6.82. The molecule has 1 saturated heterocycles. The van der Waals surface area contributed by atoms with Crippen LogP contribution in [0.2, 0.25) is 0 Å². The quantitative estimate of drug-likeness (QED) is 0.421. The molecule has 29 heavy (non-hydrogen) atoms. The topological polar surface area (TPSA) is 70.4 Å². The molecular formula is C23H22N2O3S. The van der Waals surface area contributed by atoms with E-state index in [1.807, 2.05) is 68.4 Å². The van der Waals surface area contributed by atoms with Crippen LogP contribution in [-0.4, -0.2) is 23.7 Å². The van der Waals surface area contributed by atoms with Gasteiger partial charge in [-0.3, -0.25) is 9.69 Å². The minimum absolute atomic E-state index is 0.141. The molecule has 0 aromatic heterocycles. The molecule has 2 aromatic carbocycles. The predicted octanol–water partition coefficient (Wildman–Crippen LogP) is 4.29. The van der Waals surface area contributed by atoms with Crippen molar-refractivity contribution in [2.45, 2.75) is 32.4 Å². The second-order valence-corrected chi connectivity index (χ2v) is 8.01. The summed E-state index contributed by atoms with van der Waals surface area (Å²) >= 11 is 1.24. The van der Waals surface area contributed by atoms with Crippen molar-refractivity contribution in [1.82, 2.24) is 0 Å². The maximum Gasteiger partial charge on any atom is 0.351 e. The highest BCUT2D eigenvalue weighted by Crippen LogP contribution is 2.42. The third-order valence-corrected chi connectivity index (χ3v) is 5.85. The first-order valence-electron chi connectivity index (χ1n) is 9.39. The van der Waals surface area contributed by atoms with E-state index in [1.54, 1.807) is 6.92 Å². The lowest BCUT2D eigenvalue weighted by molar-refractivity contribution is -0.138. The monoisotopic (exact) mass is 406 g/mol. The summed E-state index contributed by atoms with van der Waals surface area (Å²) in [6, 6.07) is 17.4. The van der Waals surface area contributed by atoms with Gasteiger partial charge >= 0.3 is 5.97 Å². The van der Waals surface area contributed by atoms with E-state index in [0.717, 1.165) is 16.7 Å². The Balaban J connectivity index is 2.02. The highest BCUT2D eigenvalue weighted by Gasteiger charge is 2.41. The fourth-order valence-electron chi connectivity index (χ4n) is 3.04. The van der Waals surface area contributed by atoms with Crippen LogP contribution in [0.5, 0.6) is 0 Å². The molecule has 1 fully saturated rings. The third kappa shape index (κ3) is 4.52. The summed E-state index contributed by atoms with van der Waals surface area (Å²) in [6.07, 6.45) is 0.511. The van der Waals surface area contributed by atoms with Gasteiger partial charge in [-0.15, -0.1) is 0 Å². The summed E-state index contributed by atoms with van der Waals surface area (Å²) in [7, 11) is 0. The number of amides is 1. The first-order valence-corrected chi connectivity index (χ1v) is 10.3. The average Bonchev–Trinajstić information content (AvgIpc) is 3.01. The lowest BCUT2D eigenvalue weighted by Gasteiger charge is -2.18. The van der Waals surface area contributed by atoms with Gasteiger partial charge in [-0.05, 0) is 44.9 Å². The molecule has 3 rings (SSSR count). The van der Waals surface area contributed by atoms with Crippen LogP contribution in [0.25, 0.3) is 0 Å². The van der Waals surface area contributed by atoms with E-state index in [-0.39, 0.29) is 18.1 Å². The molecule has 1 heterocycles. The van der Waals surface area contributed by atoms with Gasteiger partial charge in [0, 0.05) is 5.69 Å². The van der Waals surface area contributed by atoms with Crippen molar-refractivity contribution in [3.63, 3.8) is 0 Å². The molecule has 1 aliphatic rings. The lowest BCUT2D eigenvalue weighted by atomic mass is 10.1. The number of esters is 1. The zero-order valence-electron chi connectivity index (χ0n) is 16.6. The lowest BCUT2D eigenvalue weighted by Crippen LogP contribution is -2.30. The molecule has 1 atom stereocenters. The first-order chi connectivity index (χ1) is 13.9. The Kier molecular flexibility index (Phi) is 6.40. The molecule has 2 aromatic rings. The minimum atomic E-state index is -0.710. The number of thioether (sulfide) groups is 1. The van der Waals surface area contributed by atoms with Crippen molar-refractivity contribution in [3.05, 3.63) is 75.8 Å². The number of ether oxygens (including phenoxy) is 1. The van der Waals surface area contributed by atoms with Crippen LogP contribution >= 0.6 is 11.8 Å². The number of aryl methyl sites for hydroxylation is 2. The molecule has 0 N–H and O–H groups in total. The van der Waals surface area contributed by atoms with Gasteiger partial charge in [0.15, 0.2) is 5.57 Å². The van der Waals surface area contributed by atoms with E-state index in [2.05, 4.69) is 0 Å². The third-order valence-electron chi connectivity index (χ3n) is 4.59. The summed E-state index contributed by atoms with van der Waals surface area (Å²) in [6.45, 7) is 5.81. The Morgan fingerprint density at radius 3 is 2.24 bits per heavy atom. The van der Waals surface area contributed by atoms with Gasteiger partial charge in [0.2, 0.25) is 5.91 Å². The Bertz CT molecular complexity index is 988. The van der Waals surface area contributed by atoms with Gasteiger partial charge in [-0.2, -0.15) is 5.26 Å². The highest BCUT2D eigenvalue weighted by molar-refractivity contribution is 8.05. The SMILES string of the molecule is CCOC(=O)/C(C#N)=C1\S[C@@H](Cc2ccc(C)cc2)C(=O)N1c1ccc(C)cc1. The largest absolute Gasteiger partial charge is 0.462 e. The van der Waals surface area contributed by atoms with E-state index in [1.165, 1.54) is 16.7 Å². The molecule has 0 unspecified atom stereocenters. The number of benzene rings is 2. The molecule has 5 nitrogen and oxygen atoms in total. The van der Waals surface area contributed by atoms with Crippen LogP contribution in [0.4, 0.5) is 5.69 Å². The van der Waals surface area contributed by atoms with Crippen LogP contribution in [0.3, 0.4) is 0 Å². The Morgan fingerprint density at radius 1 is 1.10 bits per heavy atom. The summed E-state index contributed by atoms with van der Waals surface area (Å²) in [5.41, 5.74) is 3.72. The standard InChI is InChI=1S/C23H22N2O3S/c1-4-28-23(27)19(14-24)22-25(18-11-7-16(3)8-12-18)21(26)20(29-22)13-17-9-5-15(2)6-10-17/h5-12,20H,4,13H2,1-3H3/b22-19-/t20-/m0/s1.